The van der Waals surface area contributed by atoms with Crippen LogP contribution in [0.15, 0.2) is 24.8 Å². The Labute approximate surface area is 82.0 Å². The molecule has 0 aromatic carbocycles. The van der Waals surface area contributed by atoms with E-state index in [0.717, 1.165) is 24.1 Å². The molecule has 0 amide bonds. The molecule has 4 nitrogen and oxygen atoms in total. The van der Waals surface area contributed by atoms with Crippen LogP contribution in [-0.2, 0) is 6.54 Å². The maximum Gasteiger partial charge on any atom is 0.176 e. The molecule has 72 valence electrons. The van der Waals surface area contributed by atoms with E-state index in [-0.39, 0.29) is 0 Å². The average Bonchev–Trinajstić information content (AvgIpc) is 2.68. The average molecular weight is 188 g/mol. The van der Waals surface area contributed by atoms with E-state index >= 15 is 0 Å². The highest BCUT2D eigenvalue weighted by Gasteiger charge is 2.23. The van der Waals surface area contributed by atoms with E-state index in [4.69, 9.17) is 0 Å². The number of imidazole rings is 2. The third kappa shape index (κ3) is 1.32. The number of aromatic amines is 1. The van der Waals surface area contributed by atoms with Gasteiger partial charge in [0.2, 0.25) is 0 Å². The van der Waals surface area contributed by atoms with Crippen LogP contribution in [0.3, 0.4) is 0 Å². The minimum atomic E-state index is 0.857. The lowest BCUT2D eigenvalue weighted by atomic mass is 10.4. The molecular formula is C10H12N4. The summed E-state index contributed by atoms with van der Waals surface area (Å²) in [6.07, 6.45) is 10.2. The van der Waals surface area contributed by atoms with Crippen LogP contribution in [0.1, 0.15) is 12.8 Å². The van der Waals surface area contributed by atoms with Crippen LogP contribution in [0, 0.1) is 5.92 Å². The number of hydrogen-bond acceptors (Lipinski definition) is 2. The van der Waals surface area contributed by atoms with Crippen LogP contribution in [0.25, 0.3) is 11.6 Å². The molecule has 0 saturated heterocycles. The Bertz CT molecular complexity index is 411. The van der Waals surface area contributed by atoms with Crippen molar-refractivity contribution in [2.45, 2.75) is 19.4 Å². The van der Waals surface area contributed by atoms with Crippen LogP contribution in [0.4, 0.5) is 0 Å². The first-order valence-electron chi connectivity index (χ1n) is 4.94. The molecule has 2 aromatic heterocycles. The highest BCUT2D eigenvalue weighted by atomic mass is 15.1. The molecule has 1 saturated carbocycles. The molecule has 1 aliphatic carbocycles. The number of hydrogen-bond donors (Lipinski definition) is 1. The van der Waals surface area contributed by atoms with Crippen LogP contribution in [0.5, 0.6) is 0 Å². The molecule has 14 heavy (non-hydrogen) atoms. The largest absolute Gasteiger partial charge is 0.342 e. The van der Waals surface area contributed by atoms with Gasteiger partial charge in [-0.05, 0) is 18.8 Å². The summed E-state index contributed by atoms with van der Waals surface area (Å²) >= 11 is 0. The molecular weight excluding hydrogens is 176 g/mol. The number of rotatable bonds is 3. The summed E-state index contributed by atoms with van der Waals surface area (Å²) in [5, 5.41) is 0. The second kappa shape index (κ2) is 2.97. The highest BCUT2D eigenvalue weighted by Crippen LogP contribution is 2.31. The van der Waals surface area contributed by atoms with Gasteiger partial charge in [-0.3, -0.25) is 0 Å². The standard InChI is InChI=1S/C10H12N4/c1-2-8(1)7-14-6-5-13-10(14)9-11-3-4-12-9/h3-6,8H,1-2,7H2,(H,11,12). The number of aromatic nitrogens is 4. The number of nitrogens with one attached hydrogen (secondary N) is 1. The fourth-order valence-electron chi connectivity index (χ4n) is 1.64. The fourth-order valence-corrected chi connectivity index (χ4v) is 1.64. The van der Waals surface area contributed by atoms with Crippen molar-refractivity contribution in [3.8, 4) is 11.6 Å². The quantitative estimate of drug-likeness (QED) is 0.796. The maximum atomic E-state index is 4.31. The summed E-state index contributed by atoms with van der Waals surface area (Å²) in [5.41, 5.74) is 0. The van der Waals surface area contributed by atoms with Crippen LogP contribution in [0.2, 0.25) is 0 Å². The topological polar surface area (TPSA) is 46.5 Å². The first-order chi connectivity index (χ1) is 6.93. The normalized spacial score (nSPS) is 16.0. The zero-order valence-electron chi connectivity index (χ0n) is 7.85. The van der Waals surface area contributed by atoms with Gasteiger partial charge < -0.3 is 9.55 Å². The van der Waals surface area contributed by atoms with Crippen molar-refractivity contribution in [1.82, 2.24) is 19.5 Å². The minimum absolute atomic E-state index is 0.857. The summed E-state index contributed by atoms with van der Waals surface area (Å²) < 4.78 is 2.18. The molecule has 2 heterocycles. The molecule has 0 atom stereocenters. The summed E-state index contributed by atoms with van der Waals surface area (Å²) in [6.45, 7) is 1.08. The van der Waals surface area contributed by atoms with E-state index in [1.54, 1.807) is 6.20 Å². The number of nitrogens with zero attached hydrogens (tertiary/aromatic N) is 3. The van der Waals surface area contributed by atoms with Crippen LogP contribution < -0.4 is 0 Å². The van der Waals surface area contributed by atoms with Crippen molar-refractivity contribution < 1.29 is 0 Å². The van der Waals surface area contributed by atoms with Crippen LogP contribution >= 0.6 is 0 Å². The smallest absolute Gasteiger partial charge is 0.176 e. The van der Waals surface area contributed by atoms with E-state index < -0.39 is 0 Å². The zero-order chi connectivity index (χ0) is 9.38. The molecule has 2 aromatic rings. The molecule has 0 aliphatic heterocycles. The zero-order valence-corrected chi connectivity index (χ0v) is 7.85. The van der Waals surface area contributed by atoms with Crippen molar-refractivity contribution in [3.05, 3.63) is 24.8 Å². The van der Waals surface area contributed by atoms with Gasteiger partial charge in [0.05, 0.1) is 0 Å². The molecule has 1 N–H and O–H groups in total. The lowest BCUT2D eigenvalue weighted by molar-refractivity contribution is 0.630. The second-order valence-corrected chi connectivity index (χ2v) is 3.78. The monoisotopic (exact) mass is 188 g/mol. The van der Waals surface area contributed by atoms with E-state index in [2.05, 4.69) is 19.5 Å². The third-order valence-electron chi connectivity index (χ3n) is 2.58. The predicted octanol–water partition coefficient (Wildman–Crippen LogP) is 1.68. The molecule has 0 unspecified atom stereocenters. The van der Waals surface area contributed by atoms with Crippen molar-refractivity contribution >= 4 is 0 Å². The molecule has 4 heteroatoms. The molecule has 0 spiro atoms. The molecule has 1 aliphatic rings. The minimum Gasteiger partial charge on any atom is -0.342 e. The van der Waals surface area contributed by atoms with E-state index in [1.807, 2.05) is 18.6 Å². The summed E-state index contributed by atoms with van der Waals surface area (Å²) in [5.74, 6) is 2.66. The van der Waals surface area contributed by atoms with Gasteiger partial charge in [0.25, 0.3) is 0 Å². The highest BCUT2D eigenvalue weighted by molar-refractivity contribution is 5.43. The lowest BCUT2D eigenvalue weighted by Gasteiger charge is -2.03. The van der Waals surface area contributed by atoms with Gasteiger partial charge in [0.15, 0.2) is 11.6 Å². The maximum absolute atomic E-state index is 4.31. The van der Waals surface area contributed by atoms with Crippen molar-refractivity contribution in [1.29, 1.82) is 0 Å². The Hall–Kier alpha value is -1.58. The first-order valence-corrected chi connectivity index (χ1v) is 4.94. The Morgan fingerprint density at radius 2 is 2.29 bits per heavy atom. The van der Waals surface area contributed by atoms with Gasteiger partial charge in [-0.1, -0.05) is 0 Å². The molecule has 0 radical (unpaired) electrons. The Morgan fingerprint density at radius 3 is 3.00 bits per heavy atom. The lowest BCUT2D eigenvalue weighted by Crippen LogP contribution is -2.01. The van der Waals surface area contributed by atoms with Crippen LogP contribution in [-0.4, -0.2) is 19.5 Å². The van der Waals surface area contributed by atoms with Gasteiger partial charge in [0, 0.05) is 31.3 Å². The summed E-state index contributed by atoms with van der Waals surface area (Å²) in [6, 6.07) is 0. The number of H-pyrrole nitrogens is 1. The predicted molar refractivity (Wildman–Crippen MR) is 52.5 cm³/mol. The summed E-state index contributed by atoms with van der Waals surface area (Å²) in [7, 11) is 0. The van der Waals surface area contributed by atoms with Gasteiger partial charge in [0.1, 0.15) is 0 Å². The van der Waals surface area contributed by atoms with E-state index in [9.17, 15) is 0 Å². The molecule has 3 rings (SSSR count). The van der Waals surface area contributed by atoms with Gasteiger partial charge >= 0.3 is 0 Å². The fraction of sp³-hybridized carbons (Fsp3) is 0.400. The first kappa shape index (κ1) is 7.79. The van der Waals surface area contributed by atoms with E-state index in [0.29, 0.717) is 0 Å². The Balaban J connectivity index is 1.92. The van der Waals surface area contributed by atoms with Crippen molar-refractivity contribution in [2.24, 2.45) is 5.92 Å². The Kier molecular flexibility index (Phi) is 1.65. The van der Waals surface area contributed by atoms with Gasteiger partial charge in [-0.25, -0.2) is 9.97 Å². The SMILES string of the molecule is c1c[nH]c(-c2nccn2CC2CC2)n1. The van der Waals surface area contributed by atoms with Gasteiger partial charge in [-0.15, -0.1) is 0 Å². The molecule has 1 fully saturated rings. The van der Waals surface area contributed by atoms with Crippen molar-refractivity contribution in [2.75, 3.05) is 0 Å². The Morgan fingerprint density at radius 1 is 1.36 bits per heavy atom. The van der Waals surface area contributed by atoms with Gasteiger partial charge in [-0.2, -0.15) is 0 Å². The summed E-state index contributed by atoms with van der Waals surface area (Å²) in [4.78, 5) is 11.6. The third-order valence-corrected chi connectivity index (χ3v) is 2.58. The molecule has 0 bridgehead atoms. The van der Waals surface area contributed by atoms with Crippen molar-refractivity contribution in [3.63, 3.8) is 0 Å². The second-order valence-electron chi connectivity index (χ2n) is 3.78. The van der Waals surface area contributed by atoms with E-state index in [1.165, 1.54) is 12.8 Å².